The monoisotopic (exact) mass is 263 g/mol. The van der Waals surface area contributed by atoms with E-state index >= 15 is 0 Å². The van der Waals surface area contributed by atoms with Crippen molar-refractivity contribution in [3.05, 3.63) is 33.9 Å². The molecule has 1 heterocycles. The maximum atomic E-state index is 11.2. The minimum atomic E-state index is -0.285. The molecule has 0 radical (unpaired) electrons. The summed E-state index contributed by atoms with van der Waals surface area (Å²) in [6.07, 6.45) is 2.34. The summed E-state index contributed by atoms with van der Waals surface area (Å²) in [5.74, 6) is 0. The Balaban J connectivity index is 2.23. The van der Waals surface area contributed by atoms with Gasteiger partial charge in [0.05, 0.1) is 4.92 Å². The van der Waals surface area contributed by atoms with Gasteiger partial charge in [-0.2, -0.15) is 0 Å². The van der Waals surface area contributed by atoms with Crippen molar-refractivity contribution in [3.8, 4) is 0 Å². The van der Waals surface area contributed by atoms with Crippen LogP contribution in [0.1, 0.15) is 25.3 Å². The quantitative estimate of drug-likeness (QED) is 0.655. The Bertz CT molecular complexity index is 456. The molecule has 1 fully saturated rings. The van der Waals surface area contributed by atoms with E-state index in [-0.39, 0.29) is 10.6 Å². The number of nitrogens with zero attached hydrogens (tertiary/aromatic N) is 2. The summed E-state index contributed by atoms with van der Waals surface area (Å²) in [6.45, 7) is 6.59. The van der Waals surface area contributed by atoms with Crippen LogP contribution in [0.4, 0.5) is 11.4 Å². The SMILES string of the molecule is CCN(CC1CCCN1)c1ccc(C)cc1[N+](=O)[O-]. The zero-order valence-electron chi connectivity index (χ0n) is 11.6. The van der Waals surface area contributed by atoms with Gasteiger partial charge >= 0.3 is 0 Å². The zero-order chi connectivity index (χ0) is 13.8. The van der Waals surface area contributed by atoms with Crippen LogP contribution in [-0.4, -0.2) is 30.6 Å². The molecule has 2 rings (SSSR count). The molecule has 5 nitrogen and oxygen atoms in total. The van der Waals surface area contributed by atoms with Crippen LogP contribution in [0.5, 0.6) is 0 Å². The van der Waals surface area contributed by atoms with Gasteiger partial charge < -0.3 is 10.2 Å². The molecule has 1 aliphatic rings. The van der Waals surface area contributed by atoms with E-state index < -0.39 is 0 Å². The Hall–Kier alpha value is -1.62. The van der Waals surface area contributed by atoms with Crippen molar-refractivity contribution in [2.24, 2.45) is 0 Å². The lowest BCUT2D eigenvalue weighted by atomic mass is 10.1. The topological polar surface area (TPSA) is 58.4 Å². The molecule has 5 heteroatoms. The highest BCUT2D eigenvalue weighted by molar-refractivity contribution is 5.64. The predicted molar refractivity (Wildman–Crippen MR) is 76.7 cm³/mol. The molecule has 0 bridgehead atoms. The van der Waals surface area contributed by atoms with Gasteiger partial charge in [-0.05, 0) is 44.9 Å². The Morgan fingerprint density at radius 1 is 1.53 bits per heavy atom. The van der Waals surface area contributed by atoms with Crippen LogP contribution in [0.25, 0.3) is 0 Å². The Labute approximate surface area is 113 Å². The third-order valence-electron chi connectivity index (χ3n) is 3.65. The normalized spacial score (nSPS) is 18.5. The van der Waals surface area contributed by atoms with Crippen LogP contribution < -0.4 is 10.2 Å². The van der Waals surface area contributed by atoms with Crippen molar-refractivity contribution < 1.29 is 4.92 Å². The van der Waals surface area contributed by atoms with Crippen molar-refractivity contribution in [2.75, 3.05) is 24.5 Å². The van der Waals surface area contributed by atoms with Crippen LogP contribution in [0.15, 0.2) is 18.2 Å². The summed E-state index contributed by atoms with van der Waals surface area (Å²) >= 11 is 0. The van der Waals surface area contributed by atoms with Gasteiger partial charge in [-0.25, -0.2) is 0 Å². The average molecular weight is 263 g/mol. The Morgan fingerprint density at radius 3 is 2.89 bits per heavy atom. The van der Waals surface area contributed by atoms with Crippen molar-refractivity contribution in [1.82, 2.24) is 5.32 Å². The molecule has 1 aromatic carbocycles. The summed E-state index contributed by atoms with van der Waals surface area (Å²) in [6, 6.07) is 5.90. The maximum Gasteiger partial charge on any atom is 0.292 e. The molecule has 0 aliphatic carbocycles. The summed E-state index contributed by atoms with van der Waals surface area (Å²) in [7, 11) is 0. The van der Waals surface area contributed by atoms with Crippen molar-refractivity contribution in [1.29, 1.82) is 0 Å². The summed E-state index contributed by atoms with van der Waals surface area (Å²) < 4.78 is 0. The fraction of sp³-hybridized carbons (Fsp3) is 0.571. The van der Waals surface area contributed by atoms with Crippen LogP contribution >= 0.6 is 0 Å². The first-order valence-electron chi connectivity index (χ1n) is 6.85. The first-order chi connectivity index (χ1) is 9.11. The zero-order valence-corrected chi connectivity index (χ0v) is 11.6. The van der Waals surface area contributed by atoms with Crippen molar-refractivity contribution in [2.45, 2.75) is 32.7 Å². The third kappa shape index (κ3) is 3.23. The second-order valence-electron chi connectivity index (χ2n) is 5.08. The molecule has 1 atom stereocenters. The van der Waals surface area contributed by atoms with Crippen LogP contribution in [-0.2, 0) is 0 Å². The molecule has 0 spiro atoms. The molecule has 1 aromatic rings. The number of nitro groups is 1. The van der Waals surface area contributed by atoms with Gasteiger partial charge in [0.15, 0.2) is 0 Å². The largest absolute Gasteiger partial charge is 0.365 e. The van der Waals surface area contributed by atoms with E-state index in [2.05, 4.69) is 10.2 Å². The first-order valence-corrected chi connectivity index (χ1v) is 6.85. The number of benzene rings is 1. The highest BCUT2D eigenvalue weighted by Gasteiger charge is 2.22. The molecule has 19 heavy (non-hydrogen) atoms. The summed E-state index contributed by atoms with van der Waals surface area (Å²) in [4.78, 5) is 13.0. The first kappa shape index (κ1) is 13.8. The molecular formula is C14H21N3O2. The van der Waals surface area contributed by atoms with Gasteiger partial charge in [-0.15, -0.1) is 0 Å². The predicted octanol–water partition coefficient (Wildman–Crippen LogP) is 2.48. The standard InChI is InChI=1S/C14H21N3O2/c1-3-16(10-12-5-4-8-15-12)13-7-6-11(2)9-14(13)17(18)19/h6-7,9,12,15H,3-5,8,10H2,1-2H3. The number of aryl methyl sites for hydroxylation is 1. The molecule has 0 saturated carbocycles. The fourth-order valence-corrected chi connectivity index (χ4v) is 2.62. The summed E-state index contributed by atoms with van der Waals surface area (Å²) in [5.41, 5.74) is 1.86. The Kier molecular flexibility index (Phi) is 4.37. The van der Waals surface area contributed by atoms with Crippen LogP contribution in [0.3, 0.4) is 0 Å². The Morgan fingerprint density at radius 2 is 2.32 bits per heavy atom. The number of anilines is 1. The van der Waals surface area contributed by atoms with E-state index in [4.69, 9.17) is 0 Å². The van der Waals surface area contributed by atoms with E-state index in [1.54, 1.807) is 6.07 Å². The van der Waals surface area contributed by atoms with E-state index in [1.165, 1.54) is 6.42 Å². The number of nitrogens with one attached hydrogen (secondary N) is 1. The number of hydrogen-bond acceptors (Lipinski definition) is 4. The van der Waals surface area contributed by atoms with Gasteiger partial charge in [0.25, 0.3) is 5.69 Å². The van der Waals surface area contributed by atoms with Crippen molar-refractivity contribution in [3.63, 3.8) is 0 Å². The molecule has 0 amide bonds. The maximum absolute atomic E-state index is 11.2. The highest BCUT2D eigenvalue weighted by Crippen LogP contribution is 2.29. The minimum absolute atomic E-state index is 0.208. The lowest BCUT2D eigenvalue weighted by Crippen LogP contribution is -2.37. The van der Waals surface area contributed by atoms with Gasteiger partial charge in [0, 0.05) is 25.2 Å². The van der Waals surface area contributed by atoms with E-state index in [0.717, 1.165) is 37.3 Å². The molecule has 104 valence electrons. The van der Waals surface area contributed by atoms with Crippen molar-refractivity contribution >= 4 is 11.4 Å². The number of rotatable bonds is 5. The van der Waals surface area contributed by atoms with Gasteiger partial charge in [-0.1, -0.05) is 6.07 Å². The van der Waals surface area contributed by atoms with E-state index in [0.29, 0.717) is 6.04 Å². The lowest BCUT2D eigenvalue weighted by molar-refractivity contribution is -0.384. The van der Waals surface area contributed by atoms with Gasteiger partial charge in [-0.3, -0.25) is 10.1 Å². The van der Waals surface area contributed by atoms with Crippen LogP contribution in [0, 0.1) is 17.0 Å². The molecule has 1 unspecified atom stereocenters. The third-order valence-corrected chi connectivity index (χ3v) is 3.65. The molecule has 0 aromatic heterocycles. The second-order valence-corrected chi connectivity index (χ2v) is 5.08. The van der Waals surface area contributed by atoms with E-state index in [1.807, 2.05) is 26.0 Å². The number of hydrogen-bond donors (Lipinski definition) is 1. The van der Waals surface area contributed by atoms with E-state index in [9.17, 15) is 10.1 Å². The van der Waals surface area contributed by atoms with Gasteiger partial charge in [0.2, 0.25) is 0 Å². The summed E-state index contributed by atoms with van der Waals surface area (Å²) in [5, 5.41) is 14.6. The smallest absolute Gasteiger partial charge is 0.292 e. The molecular weight excluding hydrogens is 242 g/mol. The number of likely N-dealkylation sites (N-methyl/N-ethyl adjacent to an activating group) is 1. The van der Waals surface area contributed by atoms with Gasteiger partial charge in [0.1, 0.15) is 5.69 Å². The molecule has 1 aliphatic heterocycles. The number of nitro benzene ring substituents is 1. The lowest BCUT2D eigenvalue weighted by Gasteiger charge is -2.26. The highest BCUT2D eigenvalue weighted by atomic mass is 16.6. The second kappa shape index (κ2) is 6.02. The average Bonchev–Trinajstić information content (AvgIpc) is 2.89. The fourth-order valence-electron chi connectivity index (χ4n) is 2.62. The van der Waals surface area contributed by atoms with Crippen LogP contribution in [0.2, 0.25) is 0 Å². The minimum Gasteiger partial charge on any atom is -0.365 e. The molecule has 1 N–H and O–H groups in total. The molecule has 1 saturated heterocycles.